The van der Waals surface area contributed by atoms with Crippen LogP contribution in [0.1, 0.15) is 20.8 Å². The summed E-state index contributed by atoms with van der Waals surface area (Å²) in [6.45, 7) is 5.23. The maximum Gasteiger partial charge on any atom is 0.429 e. The van der Waals surface area contributed by atoms with Crippen LogP contribution in [0.25, 0.3) is 0 Å². The van der Waals surface area contributed by atoms with Crippen LogP contribution in [0.4, 0.5) is 9.59 Å². The Morgan fingerprint density at radius 2 is 1.95 bits per heavy atom. The molecule has 0 bridgehead atoms. The summed E-state index contributed by atoms with van der Waals surface area (Å²) in [5.41, 5.74) is 1.25. The number of hydrazine groups is 1. The summed E-state index contributed by atoms with van der Waals surface area (Å²) >= 11 is 3.12. The Morgan fingerprint density at radius 3 is 2.48 bits per heavy atom. The molecule has 1 atom stereocenters. The number of nitrogens with zero attached hydrogens (tertiary/aromatic N) is 1. The number of rotatable bonds is 3. The molecule has 0 fully saturated rings. The molecule has 1 N–H and O–H groups in total. The third-order valence-corrected chi connectivity index (χ3v) is 3.26. The quantitative estimate of drug-likeness (QED) is 0.780. The van der Waals surface area contributed by atoms with E-state index in [2.05, 4.69) is 21.4 Å². The molecule has 0 saturated carbocycles. The van der Waals surface area contributed by atoms with E-state index in [-0.39, 0.29) is 23.5 Å². The monoisotopic (exact) mass is 360 g/mol. The molecule has 0 aromatic carbocycles. The Hall–Kier alpha value is -1.83. The van der Waals surface area contributed by atoms with E-state index < -0.39 is 17.7 Å². The van der Waals surface area contributed by atoms with Gasteiger partial charge in [-0.1, -0.05) is 0 Å². The molecular formula is C13H17BrN2O5. The Labute approximate surface area is 131 Å². The number of nitrogens with one attached hydrogen (secondary N) is 1. The van der Waals surface area contributed by atoms with E-state index in [0.717, 1.165) is 5.01 Å². The Morgan fingerprint density at radius 1 is 1.33 bits per heavy atom. The number of halogens is 1. The normalized spacial score (nSPS) is 20.6. The summed E-state index contributed by atoms with van der Waals surface area (Å²) < 4.78 is 9.96. The van der Waals surface area contributed by atoms with Crippen molar-refractivity contribution < 1.29 is 23.9 Å². The molecule has 0 heterocycles. The van der Waals surface area contributed by atoms with E-state index in [1.807, 2.05) is 0 Å². The lowest BCUT2D eigenvalue weighted by atomic mass is 9.95. The number of amides is 2. The fraction of sp³-hybridized carbons (Fsp3) is 0.462. The van der Waals surface area contributed by atoms with Crippen LogP contribution in [0.2, 0.25) is 0 Å². The molecule has 21 heavy (non-hydrogen) atoms. The first kappa shape index (κ1) is 17.2. The van der Waals surface area contributed by atoms with E-state index in [9.17, 15) is 14.4 Å². The number of carbonyl (C=O) groups is 3. The van der Waals surface area contributed by atoms with Gasteiger partial charge in [-0.25, -0.2) is 20.0 Å². The second-order valence-corrected chi connectivity index (χ2v) is 5.14. The van der Waals surface area contributed by atoms with Crippen molar-refractivity contribution in [1.29, 1.82) is 0 Å². The molecule has 7 nitrogen and oxygen atoms in total. The van der Waals surface area contributed by atoms with Gasteiger partial charge in [0.2, 0.25) is 0 Å². The van der Waals surface area contributed by atoms with Crippen molar-refractivity contribution in [3.8, 4) is 0 Å². The zero-order valence-electron chi connectivity index (χ0n) is 12.0. The first-order valence-corrected chi connectivity index (χ1v) is 7.15. The Kier molecular flexibility index (Phi) is 5.95. The minimum Gasteiger partial charge on any atom is -0.449 e. The molecule has 0 aromatic rings. The summed E-state index contributed by atoms with van der Waals surface area (Å²) in [5.74, 6) is -0.229. The average molecular weight is 361 g/mol. The van der Waals surface area contributed by atoms with Gasteiger partial charge in [0.25, 0.3) is 0 Å². The van der Waals surface area contributed by atoms with Crippen molar-refractivity contribution in [3.05, 3.63) is 22.7 Å². The molecule has 116 valence electrons. The van der Waals surface area contributed by atoms with E-state index >= 15 is 0 Å². The van der Waals surface area contributed by atoms with Crippen molar-refractivity contribution in [2.24, 2.45) is 0 Å². The lowest BCUT2D eigenvalue weighted by molar-refractivity contribution is -0.110. The van der Waals surface area contributed by atoms with Crippen LogP contribution in [0.15, 0.2) is 22.7 Å². The largest absolute Gasteiger partial charge is 0.449 e. The van der Waals surface area contributed by atoms with Crippen molar-refractivity contribution in [1.82, 2.24) is 10.4 Å². The van der Waals surface area contributed by atoms with E-state index in [1.54, 1.807) is 20.8 Å². The van der Waals surface area contributed by atoms with Crippen LogP contribution in [-0.2, 0) is 14.3 Å². The van der Waals surface area contributed by atoms with Gasteiger partial charge in [0.1, 0.15) is 5.54 Å². The summed E-state index contributed by atoms with van der Waals surface area (Å²) in [6.07, 6.45) is 2.75. The first-order valence-electron chi connectivity index (χ1n) is 6.36. The van der Waals surface area contributed by atoms with Gasteiger partial charge in [-0.05, 0) is 54.9 Å². The summed E-state index contributed by atoms with van der Waals surface area (Å²) in [5, 5.41) is 0.971. The van der Waals surface area contributed by atoms with Crippen molar-refractivity contribution in [2.45, 2.75) is 26.3 Å². The third kappa shape index (κ3) is 4.32. The highest BCUT2D eigenvalue weighted by Crippen LogP contribution is 2.27. The molecule has 0 aromatic heterocycles. The van der Waals surface area contributed by atoms with Crippen LogP contribution < -0.4 is 5.43 Å². The zero-order valence-corrected chi connectivity index (χ0v) is 13.6. The van der Waals surface area contributed by atoms with Crippen LogP contribution in [0.3, 0.4) is 0 Å². The zero-order chi connectivity index (χ0) is 16.0. The number of hydrogen-bond acceptors (Lipinski definition) is 5. The van der Waals surface area contributed by atoms with Gasteiger partial charge in [0, 0.05) is 0 Å². The summed E-state index contributed by atoms with van der Waals surface area (Å²) in [6, 6.07) is 0. The molecule has 0 aliphatic heterocycles. The average Bonchev–Trinajstić information content (AvgIpc) is 2.41. The predicted molar refractivity (Wildman–Crippen MR) is 78.6 cm³/mol. The van der Waals surface area contributed by atoms with E-state index in [1.165, 1.54) is 18.2 Å². The maximum atomic E-state index is 12.0. The lowest BCUT2D eigenvalue weighted by Gasteiger charge is -2.36. The Balaban J connectivity index is 3.05. The van der Waals surface area contributed by atoms with Gasteiger partial charge in [0.15, 0.2) is 5.78 Å². The van der Waals surface area contributed by atoms with Gasteiger partial charge in [-0.15, -0.1) is 0 Å². The second kappa shape index (κ2) is 7.26. The molecule has 1 aliphatic rings. The van der Waals surface area contributed by atoms with Gasteiger partial charge in [-0.2, -0.15) is 0 Å². The highest BCUT2D eigenvalue weighted by atomic mass is 79.9. The summed E-state index contributed by atoms with van der Waals surface area (Å²) in [4.78, 5) is 35.1. The molecule has 0 radical (unpaired) electrons. The number of carbonyl (C=O) groups excluding carboxylic acids is 3. The molecule has 2 amide bonds. The SMILES string of the molecule is CCOC(=O)NN(C(=O)OCC)C1(C)C=CC(=O)C(Br)=C1. The number of ketones is 1. The first-order chi connectivity index (χ1) is 9.84. The van der Waals surface area contributed by atoms with Crippen molar-refractivity contribution >= 4 is 33.9 Å². The highest BCUT2D eigenvalue weighted by molar-refractivity contribution is 9.12. The number of ether oxygens (including phenoxy) is 2. The Bertz CT molecular complexity index is 503. The van der Waals surface area contributed by atoms with Crippen molar-refractivity contribution in [2.75, 3.05) is 13.2 Å². The van der Waals surface area contributed by atoms with Gasteiger partial charge < -0.3 is 9.47 Å². The fourth-order valence-corrected chi connectivity index (χ4v) is 2.24. The maximum absolute atomic E-state index is 12.0. The molecule has 1 unspecified atom stereocenters. The standard InChI is InChI=1S/C13H17BrN2O5/c1-4-20-11(18)15-16(12(19)21-5-2)13(3)7-6-10(17)9(14)8-13/h6-8H,4-5H2,1-3H3,(H,15,18). The number of allylic oxidation sites excluding steroid dienone is 2. The second-order valence-electron chi connectivity index (χ2n) is 4.28. The smallest absolute Gasteiger partial charge is 0.429 e. The topological polar surface area (TPSA) is 84.9 Å². The minimum atomic E-state index is -1.06. The van der Waals surface area contributed by atoms with Crippen LogP contribution in [0, 0.1) is 0 Å². The van der Waals surface area contributed by atoms with E-state index in [0.29, 0.717) is 0 Å². The van der Waals surface area contributed by atoms with Crippen molar-refractivity contribution in [3.63, 3.8) is 0 Å². The molecule has 1 rings (SSSR count). The molecule has 8 heteroatoms. The van der Waals surface area contributed by atoms with Gasteiger partial charge >= 0.3 is 12.2 Å². The molecule has 0 spiro atoms. The fourth-order valence-electron chi connectivity index (χ4n) is 1.64. The molecular weight excluding hydrogens is 344 g/mol. The molecule has 0 saturated heterocycles. The predicted octanol–water partition coefficient (Wildman–Crippen LogP) is 2.28. The van der Waals surface area contributed by atoms with Crippen LogP contribution in [0.5, 0.6) is 0 Å². The summed E-state index contributed by atoms with van der Waals surface area (Å²) in [7, 11) is 0. The molecule has 1 aliphatic carbocycles. The van der Waals surface area contributed by atoms with Crippen LogP contribution in [-0.4, -0.2) is 41.7 Å². The minimum absolute atomic E-state index is 0.142. The van der Waals surface area contributed by atoms with Gasteiger partial charge in [0.05, 0.1) is 17.7 Å². The van der Waals surface area contributed by atoms with Gasteiger partial charge in [-0.3, -0.25) is 4.79 Å². The third-order valence-electron chi connectivity index (χ3n) is 2.64. The van der Waals surface area contributed by atoms with Crippen LogP contribution >= 0.6 is 15.9 Å². The lowest BCUT2D eigenvalue weighted by Crippen LogP contribution is -2.57. The van der Waals surface area contributed by atoms with E-state index in [4.69, 9.17) is 9.47 Å². The number of hydrogen-bond donors (Lipinski definition) is 1. The highest BCUT2D eigenvalue weighted by Gasteiger charge is 2.37.